The van der Waals surface area contributed by atoms with E-state index in [1.807, 2.05) is 17.5 Å². The molecule has 1 heterocycles. The predicted molar refractivity (Wildman–Crippen MR) is 91.9 cm³/mol. The number of carbonyl (C=O) groups excluding carboxylic acids is 2. The molecule has 1 aliphatic rings. The van der Waals surface area contributed by atoms with Crippen LogP contribution in [0.3, 0.4) is 0 Å². The Morgan fingerprint density at radius 3 is 2.68 bits per heavy atom. The standard InChI is InChI=1S/C15H19N3O2S2/c19-13(9-8-12-7-4-10-22-12)16-15(21)18-17-14(20)11-5-2-1-3-6-11/h4,7-11H,1-3,5-6H2,(H,17,20)(H2,16,18,19,21). The first-order valence-corrected chi connectivity index (χ1v) is 8.56. The molecular weight excluding hydrogens is 318 g/mol. The van der Waals surface area contributed by atoms with E-state index in [0.717, 1.165) is 30.6 Å². The van der Waals surface area contributed by atoms with Crippen LogP contribution in [0.15, 0.2) is 23.6 Å². The van der Waals surface area contributed by atoms with Crippen LogP contribution in [-0.2, 0) is 9.59 Å². The minimum Gasteiger partial charge on any atom is -0.298 e. The first-order valence-electron chi connectivity index (χ1n) is 7.27. The molecule has 1 saturated carbocycles. The summed E-state index contributed by atoms with van der Waals surface area (Å²) in [6.45, 7) is 0. The van der Waals surface area contributed by atoms with Crippen molar-refractivity contribution < 1.29 is 9.59 Å². The van der Waals surface area contributed by atoms with Crippen LogP contribution in [0.25, 0.3) is 6.08 Å². The van der Waals surface area contributed by atoms with Crippen molar-refractivity contribution in [1.29, 1.82) is 0 Å². The van der Waals surface area contributed by atoms with E-state index in [-0.39, 0.29) is 22.8 Å². The summed E-state index contributed by atoms with van der Waals surface area (Å²) < 4.78 is 0. The van der Waals surface area contributed by atoms with E-state index in [0.29, 0.717) is 0 Å². The third-order valence-electron chi connectivity index (χ3n) is 3.45. The number of thiocarbonyl (C=S) groups is 1. The van der Waals surface area contributed by atoms with Crippen molar-refractivity contribution in [2.75, 3.05) is 0 Å². The smallest absolute Gasteiger partial charge is 0.250 e. The molecule has 0 atom stereocenters. The second kappa shape index (κ2) is 8.65. The summed E-state index contributed by atoms with van der Waals surface area (Å²) in [5.74, 6) is -0.360. The van der Waals surface area contributed by atoms with Gasteiger partial charge in [0, 0.05) is 16.9 Å². The van der Waals surface area contributed by atoms with E-state index < -0.39 is 0 Å². The highest BCUT2D eigenvalue weighted by Crippen LogP contribution is 2.23. The Morgan fingerprint density at radius 2 is 2.00 bits per heavy atom. The van der Waals surface area contributed by atoms with Crippen LogP contribution in [0.1, 0.15) is 37.0 Å². The van der Waals surface area contributed by atoms with Crippen LogP contribution < -0.4 is 16.2 Å². The van der Waals surface area contributed by atoms with Crippen molar-refractivity contribution in [3.8, 4) is 0 Å². The van der Waals surface area contributed by atoms with E-state index in [1.165, 1.54) is 12.5 Å². The molecule has 2 rings (SSSR count). The molecule has 0 spiro atoms. The normalized spacial score (nSPS) is 15.5. The zero-order valence-corrected chi connectivity index (χ0v) is 13.8. The molecular formula is C15H19N3O2S2. The average Bonchev–Trinajstić information content (AvgIpc) is 3.05. The summed E-state index contributed by atoms with van der Waals surface area (Å²) >= 11 is 6.52. The quantitative estimate of drug-likeness (QED) is 0.450. The van der Waals surface area contributed by atoms with Crippen LogP contribution in [0.5, 0.6) is 0 Å². The summed E-state index contributed by atoms with van der Waals surface area (Å²) in [6, 6.07) is 3.82. The first kappa shape index (κ1) is 16.6. The molecule has 22 heavy (non-hydrogen) atoms. The van der Waals surface area contributed by atoms with Crippen LogP contribution in [0, 0.1) is 5.92 Å². The fourth-order valence-corrected chi connectivity index (χ4v) is 3.08. The fraction of sp³-hybridized carbons (Fsp3) is 0.400. The monoisotopic (exact) mass is 337 g/mol. The lowest BCUT2D eigenvalue weighted by Gasteiger charge is -2.21. The highest BCUT2D eigenvalue weighted by molar-refractivity contribution is 7.80. The lowest BCUT2D eigenvalue weighted by atomic mass is 9.89. The van der Waals surface area contributed by atoms with Gasteiger partial charge in [-0.25, -0.2) is 0 Å². The van der Waals surface area contributed by atoms with Gasteiger partial charge in [-0.05, 0) is 42.6 Å². The zero-order chi connectivity index (χ0) is 15.8. The second-order valence-corrected chi connectivity index (χ2v) is 6.50. The number of amides is 2. The van der Waals surface area contributed by atoms with E-state index in [9.17, 15) is 9.59 Å². The van der Waals surface area contributed by atoms with Gasteiger partial charge in [0.15, 0.2) is 5.11 Å². The molecule has 1 aliphatic carbocycles. The molecule has 5 nitrogen and oxygen atoms in total. The third kappa shape index (κ3) is 5.57. The first-order chi connectivity index (χ1) is 10.6. The highest BCUT2D eigenvalue weighted by Gasteiger charge is 2.20. The van der Waals surface area contributed by atoms with Gasteiger partial charge in [0.2, 0.25) is 11.8 Å². The van der Waals surface area contributed by atoms with Gasteiger partial charge in [0.05, 0.1) is 0 Å². The summed E-state index contributed by atoms with van der Waals surface area (Å²) in [6.07, 6.45) is 8.32. The molecule has 7 heteroatoms. The molecule has 118 valence electrons. The maximum absolute atomic E-state index is 11.9. The van der Waals surface area contributed by atoms with Gasteiger partial charge in [-0.2, -0.15) is 0 Å². The van der Waals surface area contributed by atoms with Crippen molar-refractivity contribution in [3.63, 3.8) is 0 Å². The van der Waals surface area contributed by atoms with E-state index in [4.69, 9.17) is 12.2 Å². The van der Waals surface area contributed by atoms with Crippen LogP contribution in [-0.4, -0.2) is 16.9 Å². The minimum absolute atomic E-state index is 0.0403. The van der Waals surface area contributed by atoms with E-state index >= 15 is 0 Å². The second-order valence-electron chi connectivity index (χ2n) is 5.12. The fourth-order valence-electron chi connectivity index (χ4n) is 2.31. The van der Waals surface area contributed by atoms with Gasteiger partial charge < -0.3 is 0 Å². The zero-order valence-electron chi connectivity index (χ0n) is 12.1. The largest absolute Gasteiger partial charge is 0.298 e. The summed E-state index contributed by atoms with van der Waals surface area (Å²) in [5, 5.41) is 4.51. The number of rotatable bonds is 3. The highest BCUT2D eigenvalue weighted by atomic mass is 32.1. The molecule has 0 aromatic carbocycles. The third-order valence-corrected chi connectivity index (χ3v) is 4.50. The molecule has 2 amide bonds. The van der Waals surface area contributed by atoms with Crippen LogP contribution in [0.4, 0.5) is 0 Å². The Labute approximate surface area is 139 Å². The molecule has 0 aliphatic heterocycles. The predicted octanol–water partition coefficient (Wildman–Crippen LogP) is 2.36. The van der Waals surface area contributed by atoms with E-state index in [2.05, 4.69) is 16.2 Å². The Hall–Kier alpha value is -1.73. The summed E-state index contributed by atoms with van der Waals surface area (Å²) in [7, 11) is 0. The van der Waals surface area contributed by atoms with Crippen LogP contribution in [0.2, 0.25) is 0 Å². The molecule has 0 unspecified atom stereocenters. The summed E-state index contributed by atoms with van der Waals surface area (Å²) in [5.41, 5.74) is 5.13. The topological polar surface area (TPSA) is 70.2 Å². The summed E-state index contributed by atoms with van der Waals surface area (Å²) in [4.78, 5) is 24.6. The van der Waals surface area contributed by atoms with Crippen molar-refractivity contribution >= 4 is 46.6 Å². The number of hydrogen-bond acceptors (Lipinski definition) is 4. The number of hydrazine groups is 1. The minimum atomic E-state index is -0.335. The maximum atomic E-state index is 11.9. The van der Waals surface area contributed by atoms with Gasteiger partial charge >= 0.3 is 0 Å². The lowest BCUT2D eigenvalue weighted by molar-refractivity contribution is -0.126. The van der Waals surface area contributed by atoms with Gasteiger partial charge in [-0.15, -0.1) is 11.3 Å². The molecule has 0 radical (unpaired) electrons. The van der Waals surface area contributed by atoms with Crippen LogP contribution >= 0.6 is 23.6 Å². The number of nitrogens with one attached hydrogen (secondary N) is 3. The molecule has 0 saturated heterocycles. The van der Waals surface area contributed by atoms with Crippen molar-refractivity contribution in [2.24, 2.45) is 5.92 Å². The number of thiophene rings is 1. The Kier molecular flexibility index (Phi) is 6.54. The van der Waals surface area contributed by atoms with Crippen molar-refractivity contribution in [2.45, 2.75) is 32.1 Å². The molecule has 3 N–H and O–H groups in total. The number of carbonyl (C=O) groups is 2. The molecule has 0 bridgehead atoms. The number of hydrogen-bond donors (Lipinski definition) is 3. The van der Waals surface area contributed by atoms with E-state index in [1.54, 1.807) is 17.4 Å². The lowest BCUT2D eigenvalue weighted by Crippen LogP contribution is -2.50. The van der Waals surface area contributed by atoms with Crippen molar-refractivity contribution in [1.82, 2.24) is 16.2 Å². The Morgan fingerprint density at radius 1 is 1.23 bits per heavy atom. The Balaban J connectivity index is 1.68. The SMILES string of the molecule is O=C(C=Cc1cccs1)NC(=S)NNC(=O)C1CCCCC1. The maximum Gasteiger partial charge on any atom is 0.250 e. The van der Waals surface area contributed by atoms with Gasteiger partial charge in [0.25, 0.3) is 0 Å². The Bertz CT molecular complexity index is 549. The molecule has 1 aromatic rings. The average molecular weight is 337 g/mol. The molecule has 1 aromatic heterocycles. The van der Waals surface area contributed by atoms with Gasteiger partial charge in [-0.1, -0.05) is 25.3 Å². The van der Waals surface area contributed by atoms with Gasteiger partial charge in [-0.3, -0.25) is 25.8 Å². The van der Waals surface area contributed by atoms with Gasteiger partial charge in [0.1, 0.15) is 0 Å². The molecule has 1 fully saturated rings. The van der Waals surface area contributed by atoms with Crippen molar-refractivity contribution in [3.05, 3.63) is 28.5 Å².